The van der Waals surface area contributed by atoms with Gasteiger partial charge in [-0.1, -0.05) is 0 Å². The number of benzene rings is 1. The molecule has 1 fully saturated rings. The van der Waals surface area contributed by atoms with E-state index < -0.39 is 34.0 Å². The van der Waals surface area contributed by atoms with Gasteiger partial charge in [-0.05, 0) is 24.3 Å². The van der Waals surface area contributed by atoms with Crippen LogP contribution in [0, 0.1) is 0 Å². The molecule has 0 radical (unpaired) electrons. The predicted molar refractivity (Wildman–Crippen MR) is 66.2 cm³/mol. The number of barbiturate groups is 1. The number of azo groups is 1. The van der Waals surface area contributed by atoms with E-state index in [1.807, 2.05) is 10.6 Å². The van der Waals surface area contributed by atoms with E-state index in [4.69, 9.17) is 4.55 Å². The molecule has 1 aliphatic heterocycles. The maximum atomic E-state index is 11.4. The number of nitrogens with zero attached hydrogens (tertiary/aromatic N) is 2. The van der Waals surface area contributed by atoms with Crippen LogP contribution in [-0.2, 0) is 19.7 Å². The molecule has 10 nitrogen and oxygen atoms in total. The number of imide groups is 2. The van der Waals surface area contributed by atoms with Crippen LogP contribution in [0.1, 0.15) is 0 Å². The van der Waals surface area contributed by atoms with Gasteiger partial charge in [0.25, 0.3) is 21.9 Å². The minimum absolute atomic E-state index is 0.153. The Kier molecular flexibility index (Phi) is 3.78. The van der Waals surface area contributed by atoms with Gasteiger partial charge in [0.15, 0.2) is 0 Å². The van der Waals surface area contributed by atoms with E-state index >= 15 is 0 Å². The largest absolute Gasteiger partial charge is 0.328 e. The third-order valence-corrected chi connectivity index (χ3v) is 3.26. The summed E-state index contributed by atoms with van der Waals surface area (Å²) in [5.74, 6) is -1.83. The third-order valence-electron chi connectivity index (χ3n) is 2.39. The van der Waals surface area contributed by atoms with Gasteiger partial charge < -0.3 is 0 Å². The summed E-state index contributed by atoms with van der Waals surface area (Å²) in [6.07, 6.45) is 0. The molecule has 1 saturated heterocycles. The first-order chi connectivity index (χ1) is 9.77. The number of carbonyl (C=O) groups is 3. The summed E-state index contributed by atoms with van der Waals surface area (Å²) in [5.41, 5.74) is 0.153. The fraction of sp³-hybridized carbons (Fsp3) is 0.100. The van der Waals surface area contributed by atoms with Gasteiger partial charge in [-0.25, -0.2) is 4.79 Å². The smallest absolute Gasteiger partial charge is 0.282 e. The van der Waals surface area contributed by atoms with E-state index in [2.05, 4.69) is 10.2 Å². The highest BCUT2D eigenvalue weighted by molar-refractivity contribution is 7.85. The molecular weight excluding hydrogens is 304 g/mol. The van der Waals surface area contributed by atoms with Crippen molar-refractivity contribution in [2.75, 3.05) is 0 Å². The molecule has 0 aromatic heterocycles. The Bertz CT molecular complexity index is 719. The molecule has 1 aromatic carbocycles. The summed E-state index contributed by atoms with van der Waals surface area (Å²) in [4.78, 5) is 33.2. The van der Waals surface area contributed by atoms with E-state index in [1.165, 1.54) is 12.1 Å². The Hall–Kier alpha value is -2.66. The fourth-order valence-corrected chi connectivity index (χ4v) is 1.90. The number of rotatable bonds is 3. The van der Waals surface area contributed by atoms with Crippen molar-refractivity contribution in [3.63, 3.8) is 0 Å². The topological polar surface area (TPSA) is 154 Å². The van der Waals surface area contributed by atoms with Crippen LogP contribution in [0.25, 0.3) is 0 Å². The van der Waals surface area contributed by atoms with E-state index in [0.29, 0.717) is 0 Å². The van der Waals surface area contributed by atoms with Gasteiger partial charge in [0.2, 0.25) is 6.04 Å². The molecule has 1 heterocycles. The van der Waals surface area contributed by atoms with Crippen LogP contribution in [-0.4, -0.2) is 36.9 Å². The van der Waals surface area contributed by atoms with Gasteiger partial charge >= 0.3 is 6.03 Å². The average molecular weight is 312 g/mol. The highest BCUT2D eigenvalue weighted by Crippen LogP contribution is 2.17. The van der Waals surface area contributed by atoms with Crippen LogP contribution in [0.4, 0.5) is 10.5 Å². The summed E-state index contributed by atoms with van der Waals surface area (Å²) in [7, 11) is -4.32. The zero-order chi connectivity index (χ0) is 15.6. The molecule has 0 unspecified atom stereocenters. The van der Waals surface area contributed by atoms with Crippen molar-refractivity contribution in [3.8, 4) is 0 Å². The molecular formula is C10H8N4O6S. The highest BCUT2D eigenvalue weighted by atomic mass is 32.2. The molecule has 21 heavy (non-hydrogen) atoms. The van der Waals surface area contributed by atoms with Crippen LogP contribution in [0.5, 0.6) is 0 Å². The molecule has 4 amide bonds. The molecule has 0 aliphatic carbocycles. The number of nitrogens with one attached hydrogen (secondary N) is 2. The van der Waals surface area contributed by atoms with E-state index in [1.54, 1.807) is 0 Å². The lowest BCUT2D eigenvalue weighted by molar-refractivity contribution is -0.131. The van der Waals surface area contributed by atoms with Crippen LogP contribution in [0.15, 0.2) is 39.4 Å². The second kappa shape index (κ2) is 5.38. The van der Waals surface area contributed by atoms with Crippen molar-refractivity contribution in [2.45, 2.75) is 10.9 Å². The molecule has 1 aromatic rings. The van der Waals surface area contributed by atoms with Crippen molar-refractivity contribution in [1.82, 2.24) is 10.6 Å². The van der Waals surface area contributed by atoms with E-state index in [9.17, 15) is 22.8 Å². The summed E-state index contributed by atoms with van der Waals surface area (Å²) in [6, 6.07) is 2.15. The van der Waals surface area contributed by atoms with Crippen molar-refractivity contribution in [3.05, 3.63) is 24.3 Å². The predicted octanol–water partition coefficient (Wildman–Crippen LogP) is -0.248. The van der Waals surface area contributed by atoms with E-state index in [0.717, 1.165) is 12.1 Å². The monoisotopic (exact) mass is 312 g/mol. The number of hydrogen-bond acceptors (Lipinski definition) is 7. The lowest BCUT2D eigenvalue weighted by Crippen LogP contribution is -2.57. The number of urea groups is 1. The zero-order valence-corrected chi connectivity index (χ0v) is 11.0. The van der Waals surface area contributed by atoms with Crippen LogP contribution >= 0.6 is 0 Å². The minimum atomic E-state index is -4.32. The van der Waals surface area contributed by atoms with Crippen LogP contribution in [0.3, 0.4) is 0 Å². The van der Waals surface area contributed by atoms with E-state index in [-0.39, 0.29) is 10.6 Å². The second-order valence-corrected chi connectivity index (χ2v) is 5.32. The summed E-state index contributed by atoms with van der Waals surface area (Å²) < 4.78 is 30.4. The summed E-state index contributed by atoms with van der Waals surface area (Å²) in [5, 5.41) is 10.8. The Morgan fingerprint density at radius 2 is 1.52 bits per heavy atom. The Balaban J connectivity index is 2.16. The molecule has 11 heteroatoms. The van der Waals surface area contributed by atoms with Gasteiger partial charge in [0, 0.05) is 0 Å². The molecule has 0 spiro atoms. The first kappa shape index (κ1) is 14.7. The summed E-state index contributed by atoms with van der Waals surface area (Å²) in [6.45, 7) is 0. The maximum absolute atomic E-state index is 11.4. The first-order valence-corrected chi connectivity index (χ1v) is 6.85. The third kappa shape index (κ3) is 3.46. The van der Waals surface area contributed by atoms with Crippen molar-refractivity contribution in [1.29, 1.82) is 0 Å². The minimum Gasteiger partial charge on any atom is -0.282 e. The normalized spacial score (nSPS) is 16.9. The lowest BCUT2D eigenvalue weighted by atomic mass is 10.2. The molecule has 110 valence electrons. The van der Waals surface area contributed by atoms with Gasteiger partial charge in [0.05, 0.1) is 10.6 Å². The van der Waals surface area contributed by atoms with Crippen molar-refractivity contribution >= 4 is 33.7 Å². The van der Waals surface area contributed by atoms with Gasteiger partial charge in [-0.2, -0.15) is 18.6 Å². The van der Waals surface area contributed by atoms with Crippen molar-refractivity contribution < 1.29 is 27.4 Å². The van der Waals surface area contributed by atoms with Crippen molar-refractivity contribution in [2.24, 2.45) is 10.2 Å². The number of hydrogen-bond donors (Lipinski definition) is 3. The Morgan fingerprint density at radius 1 is 1.00 bits per heavy atom. The maximum Gasteiger partial charge on any atom is 0.328 e. The zero-order valence-electron chi connectivity index (χ0n) is 10.2. The average Bonchev–Trinajstić information content (AvgIpc) is 2.37. The lowest BCUT2D eigenvalue weighted by Gasteiger charge is -2.15. The fourth-order valence-electron chi connectivity index (χ4n) is 1.42. The van der Waals surface area contributed by atoms with Gasteiger partial charge in [-0.15, -0.1) is 0 Å². The van der Waals surface area contributed by atoms with Crippen LogP contribution < -0.4 is 10.6 Å². The molecule has 1 aliphatic rings. The van der Waals surface area contributed by atoms with Gasteiger partial charge in [-0.3, -0.25) is 24.8 Å². The molecule has 2 rings (SSSR count). The van der Waals surface area contributed by atoms with Gasteiger partial charge in [0.1, 0.15) is 0 Å². The molecule has 0 bridgehead atoms. The highest BCUT2D eigenvalue weighted by Gasteiger charge is 2.34. The quantitative estimate of drug-likeness (QED) is 0.397. The molecule has 0 atom stereocenters. The molecule has 3 N–H and O–H groups in total. The summed E-state index contributed by atoms with van der Waals surface area (Å²) >= 11 is 0. The second-order valence-electron chi connectivity index (χ2n) is 3.89. The molecule has 0 saturated carbocycles. The number of carbonyl (C=O) groups excluding carboxylic acids is 3. The Labute approximate surface area is 118 Å². The standard InChI is InChI=1S/C10H8N4O6S/c15-8-7(9(16)12-10(17)11-8)14-13-5-1-3-6(4-2-5)21(18,19)20/h1-4,7H,(H,18,19,20)(H2,11,12,15,16,17). The Morgan fingerprint density at radius 3 is 2.00 bits per heavy atom. The SMILES string of the molecule is O=C1NC(=O)C(N=Nc2ccc(S(=O)(=O)O)cc2)C(=O)N1. The first-order valence-electron chi connectivity index (χ1n) is 5.41. The number of amides is 4. The van der Waals surface area contributed by atoms with Crippen LogP contribution in [0.2, 0.25) is 0 Å².